The van der Waals surface area contributed by atoms with E-state index in [4.69, 9.17) is 17.0 Å². The fourth-order valence-corrected chi connectivity index (χ4v) is 5.61. The average molecular weight is 476 g/mol. The second-order valence-corrected chi connectivity index (χ2v) is 9.34. The molecule has 1 aromatic carbocycles. The van der Waals surface area contributed by atoms with Crippen LogP contribution in [0, 0.1) is 13.8 Å². The maximum atomic E-state index is 5.85. The number of rotatable bonds is 6. The summed E-state index contributed by atoms with van der Waals surface area (Å²) in [6, 6.07) is 16.4. The van der Waals surface area contributed by atoms with Crippen LogP contribution in [0.25, 0.3) is 5.13 Å². The Labute approximate surface area is 202 Å². The Morgan fingerprint density at radius 2 is 1.91 bits per heavy atom. The Morgan fingerprint density at radius 3 is 2.58 bits per heavy atom. The lowest BCUT2D eigenvalue weighted by Crippen LogP contribution is -2.29. The highest BCUT2D eigenvalue weighted by molar-refractivity contribution is 7.80. The molecule has 0 spiro atoms. The fraction of sp³-hybridized carbons (Fsp3) is 0.240. The molecule has 33 heavy (non-hydrogen) atoms. The van der Waals surface area contributed by atoms with Gasteiger partial charge in [-0.3, -0.25) is 9.55 Å². The van der Waals surface area contributed by atoms with E-state index in [1.807, 2.05) is 42.0 Å². The molecule has 0 aliphatic carbocycles. The van der Waals surface area contributed by atoms with E-state index < -0.39 is 0 Å². The Hall–Kier alpha value is -3.23. The maximum Gasteiger partial charge on any atom is 0.193 e. The zero-order chi connectivity index (χ0) is 22.9. The van der Waals surface area contributed by atoms with Crippen molar-refractivity contribution in [1.29, 1.82) is 0 Å². The van der Waals surface area contributed by atoms with Crippen LogP contribution in [-0.2, 0) is 6.54 Å². The smallest absolute Gasteiger partial charge is 0.193 e. The predicted molar refractivity (Wildman–Crippen MR) is 135 cm³/mol. The summed E-state index contributed by atoms with van der Waals surface area (Å²) >= 11 is 7.49. The van der Waals surface area contributed by atoms with Crippen LogP contribution in [0.15, 0.2) is 66.3 Å². The molecule has 4 heterocycles. The van der Waals surface area contributed by atoms with Gasteiger partial charge in [-0.05, 0) is 67.5 Å². The molecule has 1 aliphatic rings. The summed E-state index contributed by atoms with van der Waals surface area (Å²) in [4.78, 5) is 11.5. The summed E-state index contributed by atoms with van der Waals surface area (Å²) in [6.07, 6.45) is 3.68. The normalized spacial score (nSPS) is 17.9. The van der Waals surface area contributed by atoms with Gasteiger partial charge in [0.15, 0.2) is 10.2 Å². The number of aromatic nitrogens is 3. The molecule has 5 rings (SSSR count). The number of benzene rings is 1. The van der Waals surface area contributed by atoms with Gasteiger partial charge in [-0.2, -0.15) is 0 Å². The van der Waals surface area contributed by atoms with Crippen LogP contribution in [0.5, 0.6) is 5.75 Å². The second kappa shape index (κ2) is 8.96. The monoisotopic (exact) mass is 475 g/mol. The molecule has 0 unspecified atom stereocenters. The van der Waals surface area contributed by atoms with Crippen molar-refractivity contribution in [2.45, 2.75) is 32.5 Å². The topological polar surface area (TPSA) is 55.2 Å². The Morgan fingerprint density at radius 1 is 1.09 bits per heavy atom. The van der Waals surface area contributed by atoms with E-state index >= 15 is 0 Å². The van der Waals surface area contributed by atoms with E-state index in [-0.39, 0.29) is 12.1 Å². The summed E-state index contributed by atoms with van der Waals surface area (Å²) in [6.45, 7) is 4.97. The molecule has 0 amide bonds. The molecule has 2 atom stereocenters. The van der Waals surface area contributed by atoms with Gasteiger partial charge in [0.2, 0.25) is 0 Å². The minimum Gasteiger partial charge on any atom is -0.497 e. The quantitative estimate of drug-likeness (QED) is 0.390. The van der Waals surface area contributed by atoms with E-state index in [0.717, 1.165) is 27.4 Å². The first-order valence-corrected chi connectivity index (χ1v) is 12.1. The van der Waals surface area contributed by atoms with Crippen molar-refractivity contribution in [3.8, 4) is 10.9 Å². The predicted octanol–water partition coefficient (Wildman–Crippen LogP) is 5.13. The summed E-state index contributed by atoms with van der Waals surface area (Å²) in [5.74, 6) is 0.843. The molecular weight excluding hydrogens is 450 g/mol. The molecule has 8 heteroatoms. The van der Waals surface area contributed by atoms with Crippen molar-refractivity contribution in [2.75, 3.05) is 7.11 Å². The van der Waals surface area contributed by atoms with Gasteiger partial charge < -0.3 is 15.0 Å². The second-order valence-electron chi connectivity index (χ2n) is 8.08. The zero-order valence-electron chi connectivity index (χ0n) is 18.7. The average Bonchev–Trinajstić information content (AvgIpc) is 3.54. The first-order chi connectivity index (χ1) is 16.1. The number of thiocarbonyl (C=S) groups is 1. The molecule has 0 bridgehead atoms. The third-order valence-electron chi connectivity index (χ3n) is 6.11. The summed E-state index contributed by atoms with van der Waals surface area (Å²) in [5, 5.41) is 7.26. The number of methoxy groups -OCH3 is 1. The first kappa shape index (κ1) is 21.6. The third kappa shape index (κ3) is 4.00. The van der Waals surface area contributed by atoms with Crippen molar-refractivity contribution in [3.05, 3.63) is 94.5 Å². The van der Waals surface area contributed by atoms with Crippen molar-refractivity contribution < 1.29 is 4.74 Å². The number of nitrogens with one attached hydrogen (secondary N) is 1. The van der Waals surface area contributed by atoms with Gasteiger partial charge in [0.25, 0.3) is 0 Å². The van der Waals surface area contributed by atoms with Crippen molar-refractivity contribution in [1.82, 2.24) is 24.8 Å². The van der Waals surface area contributed by atoms with E-state index in [1.54, 1.807) is 18.4 Å². The van der Waals surface area contributed by atoms with Gasteiger partial charge in [0, 0.05) is 35.7 Å². The third-order valence-corrected chi connectivity index (χ3v) is 7.22. The SMILES string of the molecule is COc1ccc(CN2C(=S)N[C@H](c3ccccn3)[C@@H]2c2cc(C)n(-c3nccs3)c2C)cc1. The van der Waals surface area contributed by atoms with Gasteiger partial charge >= 0.3 is 0 Å². The van der Waals surface area contributed by atoms with E-state index in [2.05, 4.69) is 62.9 Å². The van der Waals surface area contributed by atoms with Crippen molar-refractivity contribution >= 4 is 28.7 Å². The van der Waals surface area contributed by atoms with Crippen LogP contribution in [0.2, 0.25) is 0 Å². The van der Waals surface area contributed by atoms with Crippen LogP contribution in [0.4, 0.5) is 0 Å². The van der Waals surface area contributed by atoms with Crippen LogP contribution >= 0.6 is 23.6 Å². The van der Waals surface area contributed by atoms with E-state index in [9.17, 15) is 0 Å². The summed E-state index contributed by atoms with van der Waals surface area (Å²) in [5.41, 5.74) is 5.68. The van der Waals surface area contributed by atoms with Crippen LogP contribution in [-0.4, -0.2) is 31.7 Å². The van der Waals surface area contributed by atoms with Crippen molar-refractivity contribution in [3.63, 3.8) is 0 Å². The van der Waals surface area contributed by atoms with Crippen LogP contribution in [0.1, 0.15) is 40.3 Å². The number of hydrogen-bond donors (Lipinski definition) is 1. The molecule has 6 nitrogen and oxygen atoms in total. The lowest BCUT2D eigenvalue weighted by Gasteiger charge is -2.28. The lowest BCUT2D eigenvalue weighted by molar-refractivity contribution is 0.310. The van der Waals surface area contributed by atoms with Crippen LogP contribution < -0.4 is 10.1 Å². The van der Waals surface area contributed by atoms with E-state index in [0.29, 0.717) is 6.54 Å². The van der Waals surface area contributed by atoms with Gasteiger partial charge in [-0.1, -0.05) is 18.2 Å². The Bertz CT molecular complexity index is 1250. The van der Waals surface area contributed by atoms with Gasteiger partial charge in [-0.25, -0.2) is 4.98 Å². The standard InChI is InChI=1S/C25H25N5OS2/c1-16-14-20(17(2)30(16)25-27-12-13-33-25)23-22(21-6-4-5-11-26-21)28-24(32)29(23)15-18-7-9-19(31-3)10-8-18/h4-14,22-23H,15H2,1-3H3,(H,28,32)/t22-,23+/m1/s1. The highest BCUT2D eigenvalue weighted by Crippen LogP contribution is 2.42. The molecule has 0 radical (unpaired) electrons. The minimum absolute atomic E-state index is 0.00517. The zero-order valence-corrected chi connectivity index (χ0v) is 20.4. The molecule has 1 aliphatic heterocycles. The number of hydrogen-bond acceptors (Lipinski definition) is 5. The highest BCUT2D eigenvalue weighted by atomic mass is 32.1. The molecule has 4 aromatic rings. The van der Waals surface area contributed by atoms with Crippen LogP contribution in [0.3, 0.4) is 0 Å². The lowest BCUT2D eigenvalue weighted by atomic mass is 9.96. The number of aryl methyl sites for hydroxylation is 1. The number of nitrogens with zero attached hydrogens (tertiary/aromatic N) is 4. The molecule has 1 fully saturated rings. The maximum absolute atomic E-state index is 5.85. The highest BCUT2D eigenvalue weighted by Gasteiger charge is 2.41. The largest absolute Gasteiger partial charge is 0.497 e. The van der Waals surface area contributed by atoms with Gasteiger partial charge in [0.1, 0.15) is 5.75 Å². The molecule has 168 valence electrons. The number of pyridine rings is 1. The number of thiazole rings is 1. The Kier molecular flexibility index (Phi) is 5.86. The summed E-state index contributed by atoms with van der Waals surface area (Å²) < 4.78 is 7.55. The fourth-order valence-electron chi connectivity index (χ4n) is 4.55. The molecular formula is C25H25N5OS2. The molecule has 1 saturated heterocycles. The molecule has 0 saturated carbocycles. The molecule has 3 aromatic heterocycles. The number of ether oxygens (including phenoxy) is 1. The first-order valence-electron chi connectivity index (χ1n) is 10.8. The van der Waals surface area contributed by atoms with E-state index in [1.165, 1.54) is 16.8 Å². The minimum atomic E-state index is -0.0535. The molecule has 1 N–H and O–H groups in total. The summed E-state index contributed by atoms with van der Waals surface area (Å²) in [7, 11) is 1.68. The van der Waals surface area contributed by atoms with Gasteiger partial charge in [-0.15, -0.1) is 11.3 Å². The van der Waals surface area contributed by atoms with Crippen molar-refractivity contribution in [2.24, 2.45) is 0 Å². The van der Waals surface area contributed by atoms with Gasteiger partial charge in [0.05, 0.1) is 24.9 Å². The Balaban J connectivity index is 1.58.